The number of rotatable bonds is 2. The molecule has 2 aliphatic rings. The number of nitrogens with one attached hydrogen (secondary N) is 1. The lowest BCUT2D eigenvalue weighted by Gasteiger charge is -2.28. The van der Waals surface area contributed by atoms with Crippen LogP contribution in [0.4, 0.5) is 0 Å². The van der Waals surface area contributed by atoms with Crippen molar-refractivity contribution in [1.82, 2.24) is 5.32 Å². The molecule has 1 aromatic rings. The lowest BCUT2D eigenvalue weighted by molar-refractivity contribution is 0.436. The van der Waals surface area contributed by atoms with E-state index in [0.29, 0.717) is 17.7 Å². The lowest BCUT2D eigenvalue weighted by Crippen LogP contribution is -2.37. The molecule has 7 heteroatoms. The van der Waals surface area contributed by atoms with Gasteiger partial charge in [0.1, 0.15) is 0 Å². The van der Waals surface area contributed by atoms with Crippen LogP contribution in [0.3, 0.4) is 0 Å². The van der Waals surface area contributed by atoms with Gasteiger partial charge < -0.3 is 5.32 Å². The molecule has 2 atom stereocenters. The van der Waals surface area contributed by atoms with Crippen LogP contribution in [0.15, 0.2) is 29.2 Å². The molecule has 1 saturated heterocycles. The van der Waals surface area contributed by atoms with Crippen LogP contribution < -0.4 is 5.32 Å². The van der Waals surface area contributed by atoms with Gasteiger partial charge in [0.25, 0.3) is 0 Å². The number of sulfone groups is 2. The number of benzene rings is 1. The van der Waals surface area contributed by atoms with Crippen LogP contribution in [0.5, 0.6) is 0 Å². The highest BCUT2D eigenvalue weighted by molar-refractivity contribution is 7.91. The second-order valence-electron chi connectivity index (χ2n) is 5.46. The van der Waals surface area contributed by atoms with Gasteiger partial charge in [0, 0.05) is 12.1 Å². The minimum absolute atomic E-state index is 0.0705. The van der Waals surface area contributed by atoms with Gasteiger partial charge in [0.15, 0.2) is 19.7 Å². The molecule has 0 aromatic heterocycles. The first-order chi connectivity index (χ1) is 9.37. The van der Waals surface area contributed by atoms with Crippen molar-refractivity contribution in [3.63, 3.8) is 0 Å². The normalized spacial score (nSPS) is 30.8. The second-order valence-corrected chi connectivity index (χ2v) is 9.77. The van der Waals surface area contributed by atoms with Gasteiger partial charge in [0.2, 0.25) is 0 Å². The van der Waals surface area contributed by atoms with Crippen molar-refractivity contribution in [1.29, 1.82) is 0 Å². The fourth-order valence-electron chi connectivity index (χ4n) is 2.97. The fourth-order valence-corrected chi connectivity index (χ4v) is 6.28. The molecule has 20 heavy (non-hydrogen) atoms. The van der Waals surface area contributed by atoms with E-state index in [1.807, 2.05) is 12.1 Å². The summed E-state index contributed by atoms with van der Waals surface area (Å²) in [5, 5.41) is 3.32. The summed E-state index contributed by atoms with van der Waals surface area (Å²) in [7, 11) is -6.12. The first-order valence-electron chi connectivity index (χ1n) is 6.65. The van der Waals surface area contributed by atoms with Crippen LogP contribution in [0.25, 0.3) is 0 Å². The monoisotopic (exact) mass is 315 g/mol. The highest BCUT2D eigenvalue weighted by Gasteiger charge is 2.34. The molecule has 0 saturated carbocycles. The van der Waals surface area contributed by atoms with Crippen LogP contribution in [-0.4, -0.2) is 40.1 Å². The van der Waals surface area contributed by atoms with Crippen molar-refractivity contribution >= 4 is 19.7 Å². The summed E-state index contributed by atoms with van der Waals surface area (Å²) in [4.78, 5) is 0.379. The molecule has 5 nitrogen and oxygen atoms in total. The predicted molar refractivity (Wildman–Crippen MR) is 76.0 cm³/mol. The lowest BCUT2D eigenvalue weighted by atomic mass is 10.0. The minimum Gasteiger partial charge on any atom is -0.306 e. The summed E-state index contributed by atoms with van der Waals surface area (Å²) in [6, 6.07) is 6.84. The largest absolute Gasteiger partial charge is 0.306 e. The molecule has 0 spiro atoms. The zero-order chi connectivity index (χ0) is 14.4. The third kappa shape index (κ3) is 2.62. The van der Waals surface area contributed by atoms with Crippen LogP contribution in [0.1, 0.15) is 24.4 Å². The quantitative estimate of drug-likeness (QED) is 0.868. The van der Waals surface area contributed by atoms with Crippen LogP contribution in [-0.2, 0) is 19.7 Å². The SMILES string of the molecule is O=S1(=O)CCC(NC2CCS(=O)(=O)c3ccccc32)C1. The van der Waals surface area contributed by atoms with E-state index in [4.69, 9.17) is 0 Å². The molecule has 0 amide bonds. The van der Waals surface area contributed by atoms with E-state index in [1.54, 1.807) is 12.1 Å². The van der Waals surface area contributed by atoms with E-state index in [1.165, 1.54) is 0 Å². The third-order valence-corrected chi connectivity index (χ3v) is 7.56. The van der Waals surface area contributed by atoms with Crippen molar-refractivity contribution in [3.8, 4) is 0 Å². The van der Waals surface area contributed by atoms with Gasteiger partial charge in [-0.25, -0.2) is 16.8 Å². The van der Waals surface area contributed by atoms with Gasteiger partial charge in [-0.1, -0.05) is 18.2 Å². The maximum atomic E-state index is 12.0. The standard InChI is InChI=1S/C13H17NO4S2/c15-19(16)7-5-10(9-19)14-12-6-8-20(17,18)13-4-2-1-3-11(12)13/h1-4,10,12,14H,5-9H2. The fraction of sp³-hybridized carbons (Fsp3) is 0.538. The van der Waals surface area contributed by atoms with Crippen molar-refractivity contribution in [2.75, 3.05) is 17.3 Å². The Balaban J connectivity index is 1.86. The second kappa shape index (κ2) is 4.82. The maximum Gasteiger partial charge on any atom is 0.178 e. The van der Waals surface area contributed by atoms with Gasteiger partial charge in [-0.15, -0.1) is 0 Å². The van der Waals surface area contributed by atoms with E-state index < -0.39 is 19.7 Å². The van der Waals surface area contributed by atoms with Gasteiger partial charge in [0.05, 0.1) is 22.2 Å². The Morgan fingerprint density at radius 3 is 2.45 bits per heavy atom. The van der Waals surface area contributed by atoms with Crippen LogP contribution in [0.2, 0.25) is 0 Å². The van der Waals surface area contributed by atoms with Gasteiger partial charge >= 0.3 is 0 Å². The van der Waals surface area contributed by atoms with E-state index >= 15 is 0 Å². The Morgan fingerprint density at radius 1 is 1.00 bits per heavy atom. The molecule has 2 heterocycles. The zero-order valence-corrected chi connectivity index (χ0v) is 12.6. The third-order valence-electron chi connectivity index (χ3n) is 3.97. The van der Waals surface area contributed by atoms with E-state index in [0.717, 1.165) is 5.56 Å². The van der Waals surface area contributed by atoms with Crippen LogP contribution >= 0.6 is 0 Å². The van der Waals surface area contributed by atoms with E-state index in [9.17, 15) is 16.8 Å². The van der Waals surface area contributed by atoms with Gasteiger partial charge in [-0.05, 0) is 24.5 Å². The average molecular weight is 315 g/mol. The molecular formula is C13H17NO4S2. The highest BCUT2D eigenvalue weighted by Crippen LogP contribution is 2.32. The molecule has 1 N–H and O–H groups in total. The molecule has 0 aliphatic carbocycles. The zero-order valence-electron chi connectivity index (χ0n) is 10.9. The predicted octanol–water partition coefficient (Wildman–Crippen LogP) is 0.682. The van der Waals surface area contributed by atoms with Crippen molar-refractivity contribution in [2.45, 2.75) is 29.8 Å². The first-order valence-corrected chi connectivity index (χ1v) is 10.1. The molecule has 1 fully saturated rings. The summed E-state index contributed by atoms with van der Waals surface area (Å²) in [6.07, 6.45) is 1.10. The molecule has 2 aliphatic heterocycles. The van der Waals surface area contributed by atoms with Crippen LogP contribution in [0, 0.1) is 0 Å². The summed E-state index contributed by atoms with van der Waals surface area (Å²) >= 11 is 0. The van der Waals surface area contributed by atoms with E-state index in [-0.39, 0.29) is 29.3 Å². The highest BCUT2D eigenvalue weighted by atomic mass is 32.2. The average Bonchev–Trinajstić information content (AvgIpc) is 2.73. The van der Waals surface area contributed by atoms with E-state index in [2.05, 4.69) is 5.32 Å². The Hall–Kier alpha value is -0.920. The van der Waals surface area contributed by atoms with Crippen molar-refractivity contribution in [2.24, 2.45) is 0 Å². The number of hydrogen-bond acceptors (Lipinski definition) is 5. The Labute approximate surface area is 119 Å². The Kier molecular flexibility index (Phi) is 3.38. The molecule has 0 radical (unpaired) electrons. The topological polar surface area (TPSA) is 80.3 Å². The summed E-state index contributed by atoms with van der Waals surface area (Å²) < 4.78 is 47.1. The summed E-state index contributed by atoms with van der Waals surface area (Å²) in [5.74, 6) is 0.483. The molecular weight excluding hydrogens is 298 g/mol. The number of hydrogen-bond donors (Lipinski definition) is 1. The number of fused-ring (bicyclic) bond motifs is 1. The maximum absolute atomic E-state index is 12.0. The van der Waals surface area contributed by atoms with Gasteiger partial charge in [-0.3, -0.25) is 0 Å². The Bertz CT molecular complexity index is 724. The molecule has 0 bridgehead atoms. The minimum atomic E-state index is -3.19. The van der Waals surface area contributed by atoms with Gasteiger partial charge in [-0.2, -0.15) is 0 Å². The molecule has 3 rings (SSSR count). The molecule has 110 valence electrons. The molecule has 2 unspecified atom stereocenters. The summed E-state index contributed by atoms with van der Waals surface area (Å²) in [6.45, 7) is 0. The first kappa shape index (κ1) is 14.0. The molecule has 1 aromatic carbocycles. The Morgan fingerprint density at radius 2 is 1.75 bits per heavy atom. The summed E-state index contributed by atoms with van der Waals surface area (Å²) in [5.41, 5.74) is 0.767. The smallest absolute Gasteiger partial charge is 0.178 e. The van der Waals surface area contributed by atoms with Crippen molar-refractivity contribution in [3.05, 3.63) is 29.8 Å². The van der Waals surface area contributed by atoms with Crippen molar-refractivity contribution < 1.29 is 16.8 Å².